The second-order valence-corrected chi connectivity index (χ2v) is 5.63. The van der Waals surface area contributed by atoms with Gasteiger partial charge in [-0.2, -0.15) is 0 Å². The summed E-state index contributed by atoms with van der Waals surface area (Å²) in [4.78, 5) is 25.9. The Morgan fingerprint density at radius 1 is 1.11 bits per heavy atom. The Hall–Kier alpha value is -1.68. The quantitative estimate of drug-likeness (QED) is 0.766. The lowest BCUT2D eigenvalue weighted by Crippen LogP contribution is -2.34. The van der Waals surface area contributed by atoms with Crippen LogP contribution in [0.3, 0.4) is 0 Å². The average molecular weight is 257 g/mol. The summed E-state index contributed by atoms with van der Waals surface area (Å²) in [7, 11) is 0. The van der Waals surface area contributed by atoms with E-state index in [-0.39, 0.29) is 35.8 Å². The largest absolute Gasteiger partial charge is 0.352 e. The van der Waals surface area contributed by atoms with Crippen molar-refractivity contribution in [3.8, 4) is 0 Å². The molecule has 1 amide bonds. The minimum absolute atomic E-state index is 0.0902. The van der Waals surface area contributed by atoms with E-state index in [1.807, 2.05) is 35.2 Å². The van der Waals surface area contributed by atoms with Gasteiger partial charge in [-0.1, -0.05) is 30.3 Å². The van der Waals surface area contributed by atoms with Gasteiger partial charge in [0.1, 0.15) is 5.78 Å². The first-order valence-corrected chi connectivity index (χ1v) is 6.76. The van der Waals surface area contributed by atoms with E-state index in [0.717, 1.165) is 5.56 Å². The fourth-order valence-electron chi connectivity index (χ4n) is 3.76. The summed E-state index contributed by atoms with van der Waals surface area (Å²) in [5, 5.41) is 0. The maximum absolute atomic E-state index is 12.5. The molecule has 3 fully saturated rings. The van der Waals surface area contributed by atoms with E-state index in [2.05, 4.69) is 0 Å². The molecule has 2 saturated heterocycles. The Bertz CT molecular complexity index is 542. The van der Waals surface area contributed by atoms with Crippen LogP contribution < -0.4 is 0 Å². The number of Topliss-reactive ketones (excluding diaryl/α,β-unsaturated/α-hetero) is 1. The monoisotopic (exact) mass is 257 g/mol. The molecule has 1 aliphatic carbocycles. The first-order valence-electron chi connectivity index (χ1n) is 6.76. The Morgan fingerprint density at radius 3 is 2.68 bits per heavy atom. The highest BCUT2D eigenvalue weighted by Gasteiger charge is 2.57. The van der Waals surface area contributed by atoms with Gasteiger partial charge in [0.05, 0.1) is 18.6 Å². The smallest absolute Gasteiger partial charge is 0.229 e. The zero-order valence-electron chi connectivity index (χ0n) is 10.5. The van der Waals surface area contributed by atoms with Gasteiger partial charge in [0.15, 0.2) is 6.23 Å². The molecule has 4 heteroatoms. The molecule has 0 radical (unpaired) electrons. The van der Waals surface area contributed by atoms with Gasteiger partial charge in [0, 0.05) is 24.3 Å². The molecule has 1 aromatic carbocycles. The number of ketones is 1. The molecule has 0 bridgehead atoms. The van der Waals surface area contributed by atoms with Crippen molar-refractivity contribution in [1.29, 1.82) is 0 Å². The third-order valence-corrected chi connectivity index (χ3v) is 4.61. The summed E-state index contributed by atoms with van der Waals surface area (Å²) in [6.07, 6.45) is 0.708. The van der Waals surface area contributed by atoms with E-state index in [9.17, 15) is 9.59 Å². The van der Waals surface area contributed by atoms with Crippen LogP contribution in [0.25, 0.3) is 0 Å². The second-order valence-electron chi connectivity index (χ2n) is 5.63. The van der Waals surface area contributed by atoms with Crippen LogP contribution in [0.4, 0.5) is 0 Å². The zero-order valence-corrected chi connectivity index (χ0v) is 10.5. The highest BCUT2D eigenvalue weighted by Crippen LogP contribution is 2.48. The summed E-state index contributed by atoms with van der Waals surface area (Å²) < 4.78 is 5.81. The number of rotatable bonds is 1. The highest BCUT2D eigenvalue weighted by atomic mass is 16.5. The minimum atomic E-state index is -0.264. The molecule has 0 aromatic heterocycles. The fraction of sp³-hybridized carbons (Fsp3) is 0.467. The van der Waals surface area contributed by atoms with Crippen molar-refractivity contribution in [2.75, 3.05) is 6.61 Å². The molecule has 19 heavy (non-hydrogen) atoms. The van der Waals surface area contributed by atoms with Crippen molar-refractivity contribution in [2.24, 2.45) is 11.8 Å². The number of ether oxygens (including phenoxy) is 1. The van der Waals surface area contributed by atoms with Crippen LogP contribution in [0.2, 0.25) is 0 Å². The van der Waals surface area contributed by atoms with E-state index in [1.54, 1.807) is 0 Å². The molecular formula is C15H15NO3. The van der Waals surface area contributed by atoms with E-state index < -0.39 is 0 Å². The van der Waals surface area contributed by atoms with Crippen LogP contribution in [0.5, 0.6) is 0 Å². The van der Waals surface area contributed by atoms with Crippen LogP contribution in [0.15, 0.2) is 30.3 Å². The lowest BCUT2D eigenvalue weighted by atomic mass is 9.94. The number of hydrogen-bond donors (Lipinski definition) is 0. The van der Waals surface area contributed by atoms with Crippen molar-refractivity contribution >= 4 is 11.7 Å². The Morgan fingerprint density at radius 2 is 1.89 bits per heavy atom. The number of carbonyl (C=O) groups is 2. The SMILES string of the molecule is O=C1CC2C(=O)N3C(CO[C@H]3c3ccccc3)[C@H]2C1. The molecule has 3 aliphatic rings. The van der Waals surface area contributed by atoms with Gasteiger partial charge >= 0.3 is 0 Å². The van der Waals surface area contributed by atoms with Crippen LogP contribution in [0.1, 0.15) is 24.6 Å². The van der Waals surface area contributed by atoms with Crippen LogP contribution in [-0.2, 0) is 14.3 Å². The lowest BCUT2D eigenvalue weighted by molar-refractivity contribution is -0.138. The molecule has 2 aliphatic heterocycles. The molecule has 0 spiro atoms. The number of benzene rings is 1. The van der Waals surface area contributed by atoms with Crippen molar-refractivity contribution in [3.05, 3.63) is 35.9 Å². The Balaban J connectivity index is 1.67. The van der Waals surface area contributed by atoms with Crippen LogP contribution >= 0.6 is 0 Å². The summed E-state index contributed by atoms with van der Waals surface area (Å²) >= 11 is 0. The highest BCUT2D eigenvalue weighted by molar-refractivity contribution is 5.93. The summed E-state index contributed by atoms with van der Waals surface area (Å²) in [5.41, 5.74) is 1.02. The molecule has 98 valence electrons. The van der Waals surface area contributed by atoms with Gasteiger partial charge in [-0.05, 0) is 0 Å². The maximum Gasteiger partial charge on any atom is 0.229 e. The minimum Gasteiger partial charge on any atom is -0.352 e. The number of nitrogens with zero attached hydrogens (tertiary/aromatic N) is 1. The second kappa shape index (κ2) is 3.90. The molecule has 0 N–H and O–H groups in total. The Labute approximate surface area is 111 Å². The van der Waals surface area contributed by atoms with Crippen molar-refractivity contribution < 1.29 is 14.3 Å². The first kappa shape index (κ1) is 11.2. The molecule has 2 heterocycles. The maximum atomic E-state index is 12.5. The topological polar surface area (TPSA) is 46.6 Å². The fourth-order valence-corrected chi connectivity index (χ4v) is 3.76. The molecule has 4 atom stereocenters. The zero-order chi connectivity index (χ0) is 13.0. The van der Waals surface area contributed by atoms with Gasteiger partial charge in [0.25, 0.3) is 0 Å². The van der Waals surface area contributed by atoms with E-state index >= 15 is 0 Å². The number of fused-ring (bicyclic) bond motifs is 3. The van der Waals surface area contributed by atoms with Gasteiger partial charge in [-0.3, -0.25) is 9.59 Å². The first-order chi connectivity index (χ1) is 9.25. The van der Waals surface area contributed by atoms with Crippen molar-refractivity contribution in [2.45, 2.75) is 25.1 Å². The van der Waals surface area contributed by atoms with E-state index in [4.69, 9.17) is 4.74 Å². The summed E-state index contributed by atoms with van der Waals surface area (Å²) in [5.74, 6) is 0.416. The summed E-state index contributed by atoms with van der Waals surface area (Å²) in [6.45, 7) is 0.555. The van der Waals surface area contributed by atoms with Crippen LogP contribution in [-0.4, -0.2) is 29.2 Å². The standard InChI is InChI=1S/C15H15NO3/c17-10-6-11-12(7-10)14(18)16-13(11)8-19-15(16)9-4-2-1-3-5-9/h1-5,11-13,15H,6-8H2/t11-,12?,13?,15-/m0/s1. The normalized spacial score (nSPS) is 36.7. The van der Waals surface area contributed by atoms with Gasteiger partial charge < -0.3 is 9.64 Å². The van der Waals surface area contributed by atoms with Crippen LogP contribution in [0, 0.1) is 11.8 Å². The third kappa shape index (κ3) is 1.49. The predicted octanol–water partition coefficient (Wildman–Crippen LogP) is 1.52. The summed E-state index contributed by atoms with van der Waals surface area (Å²) in [6, 6.07) is 9.93. The lowest BCUT2D eigenvalue weighted by Gasteiger charge is -2.23. The van der Waals surface area contributed by atoms with Gasteiger partial charge in [0.2, 0.25) is 5.91 Å². The average Bonchev–Trinajstić information content (AvgIpc) is 3.06. The predicted molar refractivity (Wildman–Crippen MR) is 67.0 cm³/mol. The third-order valence-electron chi connectivity index (χ3n) is 4.61. The van der Waals surface area contributed by atoms with Crippen molar-refractivity contribution in [1.82, 2.24) is 4.90 Å². The van der Waals surface area contributed by atoms with E-state index in [0.29, 0.717) is 19.4 Å². The molecular weight excluding hydrogens is 242 g/mol. The Kier molecular flexibility index (Phi) is 2.30. The molecule has 2 unspecified atom stereocenters. The molecule has 1 aromatic rings. The molecule has 1 saturated carbocycles. The van der Waals surface area contributed by atoms with Crippen molar-refractivity contribution in [3.63, 3.8) is 0 Å². The van der Waals surface area contributed by atoms with Gasteiger partial charge in [-0.15, -0.1) is 0 Å². The van der Waals surface area contributed by atoms with E-state index in [1.165, 1.54) is 0 Å². The molecule has 4 nitrogen and oxygen atoms in total. The number of hydrogen-bond acceptors (Lipinski definition) is 3. The molecule has 4 rings (SSSR count). The van der Waals surface area contributed by atoms with Gasteiger partial charge in [-0.25, -0.2) is 0 Å². The number of carbonyl (C=O) groups excluding carboxylic acids is 2. The number of amides is 1.